The average Bonchev–Trinajstić information content (AvgIpc) is 2.64. The van der Waals surface area contributed by atoms with E-state index in [1.807, 2.05) is 60.9 Å². The maximum Gasteiger partial charge on any atom is 0.0814 e. The zero-order chi connectivity index (χ0) is 7.78. The van der Waals surface area contributed by atoms with E-state index in [0.29, 0.717) is 0 Å². The van der Waals surface area contributed by atoms with Gasteiger partial charge in [0.1, 0.15) is 0 Å². The van der Waals surface area contributed by atoms with Crippen molar-refractivity contribution in [2.45, 2.75) is 0 Å². The Morgan fingerprint density at radius 3 is 1.00 bits per heavy atom. The van der Waals surface area contributed by atoms with Gasteiger partial charge in [0, 0.05) is 12.4 Å². The lowest BCUT2D eigenvalue weighted by Gasteiger charge is -1.69. The van der Waals surface area contributed by atoms with Gasteiger partial charge >= 0.3 is 0 Å². The highest BCUT2D eigenvalue weighted by Gasteiger charge is 1.58. The molecule has 0 unspecified atom stereocenters. The number of hydrogen-bond acceptors (Lipinski definition) is 0. The molecule has 0 radical (unpaired) electrons. The minimum absolute atomic E-state index is 0. The molecule has 0 amide bonds. The molecule has 1 aromatic carbocycles. The van der Waals surface area contributed by atoms with Crippen molar-refractivity contribution in [3.8, 4) is 0 Å². The van der Waals surface area contributed by atoms with Crippen molar-refractivity contribution in [1.29, 1.82) is 0 Å². The summed E-state index contributed by atoms with van der Waals surface area (Å²) in [5.41, 5.74) is 0. The van der Waals surface area contributed by atoms with Gasteiger partial charge in [-0.3, -0.25) is 4.70 Å². The van der Waals surface area contributed by atoms with Gasteiger partial charge in [0.25, 0.3) is 0 Å². The molecule has 1 heterocycles. The van der Waals surface area contributed by atoms with E-state index < -0.39 is 0 Å². The summed E-state index contributed by atoms with van der Waals surface area (Å²) in [5, 5.41) is 0. The maximum absolute atomic E-state index is 2.86. The highest BCUT2D eigenvalue weighted by atomic mass is 19.0. The minimum atomic E-state index is 0. The molecule has 0 saturated heterocycles. The number of H-pyrrole nitrogens is 1. The van der Waals surface area contributed by atoms with E-state index in [1.54, 1.807) is 0 Å². The molecule has 0 spiro atoms. The topological polar surface area (TPSA) is 15.8 Å². The zero-order valence-electron chi connectivity index (χ0n) is 6.68. The van der Waals surface area contributed by atoms with Gasteiger partial charge in [0.15, 0.2) is 0 Å². The highest BCUT2D eigenvalue weighted by molar-refractivity contribution is 5.75. The van der Waals surface area contributed by atoms with Crippen molar-refractivity contribution < 1.29 is 4.70 Å². The number of halogens is 1. The molecule has 1 aromatic heterocycles. The second-order valence-corrected chi connectivity index (χ2v) is 2.04. The third kappa shape index (κ3) is 8.40. The van der Waals surface area contributed by atoms with Gasteiger partial charge in [0.05, 0.1) is 8.41 Å². The Bertz CT molecular complexity index is 201. The number of aromatic amines is 1. The summed E-state index contributed by atoms with van der Waals surface area (Å²) in [6.45, 7) is 0. The Morgan fingerprint density at radius 1 is 0.538 bits per heavy atom. The summed E-state index contributed by atoms with van der Waals surface area (Å²) >= 11 is 0. The normalized spacial score (nSPS) is 6.77. The molecule has 0 fully saturated rings. The molecule has 3 heteroatoms. The van der Waals surface area contributed by atoms with Crippen molar-refractivity contribution in [2.75, 3.05) is 0 Å². The fraction of sp³-hybridized carbons (Fsp3) is 0. The summed E-state index contributed by atoms with van der Waals surface area (Å²) in [4.78, 5) is 2.86. The van der Waals surface area contributed by atoms with E-state index >= 15 is 0 Å². The Hall–Kier alpha value is -1.51. The molecule has 0 bridgehead atoms. The predicted octanol–water partition coefficient (Wildman–Crippen LogP) is 1.67. The first-order chi connectivity index (χ1) is 5.50. The Labute approximate surface area is 79.8 Å². The molecular formula is C10H15BFN. The van der Waals surface area contributed by atoms with Crippen molar-refractivity contribution >= 4 is 8.41 Å². The van der Waals surface area contributed by atoms with E-state index in [4.69, 9.17) is 0 Å². The summed E-state index contributed by atoms with van der Waals surface area (Å²) in [5.74, 6) is 0. The van der Waals surface area contributed by atoms with E-state index in [0.717, 1.165) is 0 Å². The molecule has 0 atom stereocenters. The van der Waals surface area contributed by atoms with Crippen molar-refractivity contribution in [2.24, 2.45) is 0 Å². The van der Waals surface area contributed by atoms with Crippen LogP contribution < -0.4 is 0 Å². The van der Waals surface area contributed by atoms with Gasteiger partial charge in [-0.15, -0.1) is 0 Å². The standard InChI is InChI=1S/C6H6.C4H5N.BH3.FH/c1-2-4-6-5-3-1;1-2-4-5-3-1;;/h1-6H;1-5H;1H3;1H. The van der Waals surface area contributed by atoms with Gasteiger partial charge in [0.2, 0.25) is 0 Å². The largest absolute Gasteiger partial charge is 0.368 e. The Balaban J connectivity index is 0. The first-order valence-corrected chi connectivity index (χ1v) is 3.58. The van der Waals surface area contributed by atoms with Gasteiger partial charge < -0.3 is 4.98 Å². The molecule has 0 saturated carbocycles. The van der Waals surface area contributed by atoms with E-state index in [-0.39, 0.29) is 13.1 Å². The minimum Gasteiger partial charge on any atom is -0.368 e. The van der Waals surface area contributed by atoms with Crippen LogP contribution in [0.3, 0.4) is 0 Å². The summed E-state index contributed by atoms with van der Waals surface area (Å²) in [6.07, 6.45) is 3.75. The SMILES string of the molecule is B.F.c1cc[nH]c1.c1ccccc1. The zero-order valence-corrected chi connectivity index (χ0v) is 6.68. The van der Waals surface area contributed by atoms with Gasteiger partial charge in [-0.05, 0) is 12.1 Å². The fourth-order valence-electron chi connectivity index (χ4n) is 0.663. The highest BCUT2D eigenvalue weighted by Crippen LogP contribution is 1.79. The summed E-state index contributed by atoms with van der Waals surface area (Å²) in [7, 11) is 0. The number of hydrogen-bond donors (Lipinski definition) is 1. The van der Waals surface area contributed by atoms with E-state index in [2.05, 4.69) is 4.98 Å². The third-order valence-corrected chi connectivity index (χ3v) is 1.16. The van der Waals surface area contributed by atoms with Crippen molar-refractivity contribution in [1.82, 2.24) is 4.98 Å². The quantitative estimate of drug-likeness (QED) is 0.592. The number of aromatic nitrogens is 1. The van der Waals surface area contributed by atoms with Crippen molar-refractivity contribution in [3.63, 3.8) is 0 Å². The van der Waals surface area contributed by atoms with Crippen LogP contribution in [0, 0.1) is 0 Å². The van der Waals surface area contributed by atoms with Crippen LogP contribution >= 0.6 is 0 Å². The Kier molecular flexibility index (Phi) is 11.3. The van der Waals surface area contributed by atoms with Crippen LogP contribution in [0.15, 0.2) is 60.9 Å². The molecular weight excluding hydrogens is 164 g/mol. The van der Waals surface area contributed by atoms with Crippen LogP contribution in [0.2, 0.25) is 0 Å². The first-order valence-electron chi connectivity index (χ1n) is 3.58. The number of benzene rings is 1. The van der Waals surface area contributed by atoms with Crippen LogP contribution in [-0.2, 0) is 0 Å². The van der Waals surface area contributed by atoms with Crippen LogP contribution in [0.1, 0.15) is 0 Å². The Morgan fingerprint density at radius 2 is 0.846 bits per heavy atom. The molecule has 1 N–H and O–H groups in total. The second kappa shape index (κ2) is 10.5. The van der Waals surface area contributed by atoms with E-state index in [1.165, 1.54) is 0 Å². The molecule has 2 aromatic rings. The maximum atomic E-state index is 2.86. The van der Waals surface area contributed by atoms with Crippen LogP contribution in [0.5, 0.6) is 0 Å². The van der Waals surface area contributed by atoms with E-state index in [9.17, 15) is 0 Å². The predicted molar refractivity (Wildman–Crippen MR) is 59.7 cm³/mol. The first kappa shape index (κ1) is 14.0. The van der Waals surface area contributed by atoms with Crippen molar-refractivity contribution in [3.05, 3.63) is 60.9 Å². The molecule has 1 nitrogen and oxygen atoms in total. The summed E-state index contributed by atoms with van der Waals surface area (Å²) < 4.78 is 0. The molecule has 13 heavy (non-hydrogen) atoms. The molecule has 0 aliphatic rings. The smallest absolute Gasteiger partial charge is 0.0814 e. The lowest BCUT2D eigenvalue weighted by atomic mass is 10.4. The molecule has 70 valence electrons. The van der Waals surface area contributed by atoms with Gasteiger partial charge in [-0.2, -0.15) is 0 Å². The van der Waals surface area contributed by atoms with Gasteiger partial charge in [-0.25, -0.2) is 0 Å². The molecule has 0 aliphatic heterocycles. The number of rotatable bonds is 0. The monoisotopic (exact) mass is 179 g/mol. The molecule has 2 rings (SSSR count). The second-order valence-electron chi connectivity index (χ2n) is 2.04. The van der Waals surface area contributed by atoms with Crippen LogP contribution in [0.4, 0.5) is 4.70 Å². The average molecular weight is 179 g/mol. The van der Waals surface area contributed by atoms with Crippen LogP contribution in [0.25, 0.3) is 0 Å². The number of nitrogens with one attached hydrogen (secondary N) is 1. The lowest BCUT2D eigenvalue weighted by molar-refractivity contribution is 1.11. The molecule has 0 aliphatic carbocycles. The van der Waals surface area contributed by atoms with Gasteiger partial charge in [-0.1, -0.05) is 36.4 Å². The third-order valence-electron chi connectivity index (χ3n) is 1.16. The van der Waals surface area contributed by atoms with Crippen LogP contribution in [-0.4, -0.2) is 13.4 Å². The summed E-state index contributed by atoms with van der Waals surface area (Å²) in [6, 6.07) is 15.9. The fourth-order valence-corrected chi connectivity index (χ4v) is 0.663. The lowest BCUT2D eigenvalue weighted by Crippen LogP contribution is -1.47.